The van der Waals surface area contributed by atoms with Crippen molar-refractivity contribution in [3.05, 3.63) is 41.2 Å². The van der Waals surface area contributed by atoms with Crippen LogP contribution >= 0.6 is 11.5 Å². The molecule has 0 fully saturated rings. The van der Waals surface area contributed by atoms with E-state index in [2.05, 4.69) is 33.4 Å². The lowest BCUT2D eigenvalue weighted by Gasteiger charge is -1.97. The minimum absolute atomic E-state index is 0.301. The van der Waals surface area contributed by atoms with E-state index in [1.54, 1.807) is 0 Å². The summed E-state index contributed by atoms with van der Waals surface area (Å²) in [5.74, 6) is 0.792. The highest BCUT2D eigenvalue weighted by atomic mass is 32.1. The summed E-state index contributed by atoms with van der Waals surface area (Å²) in [7, 11) is 0. The van der Waals surface area contributed by atoms with Crippen LogP contribution in [0, 0.1) is 6.92 Å². The molecule has 1 unspecified atom stereocenters. The molecular weight excluding hydrogens is 206 g/mol. The van der Waals surface area contributed by atoms with E-state index in [4.69, 9.17) is 0 Å². The first-order valence-corrected chi connectivity index (χ1v) is 5.60. The second-order valence-corrected chi connectivity index (χ2v) is 4.34. The molecule has 0 saturated heterocycles. The first-order valence-electron chi connectivity index (χ1n) is 4.83. The van der Waals surface area contributed by atoms with Crippen molar-refractivity contribution in [2.45, 2.75) is 13.0 Å². The molecule has 0 aromatic carbocycles. The van der Waals surface area contributed by atoms with Crippen molar-refractivity contribution in [1.82, 2.24) is 14.7 Å². The SMILES string of the molecule is C=CC1C=C(C=Cc2nsc(C)n2)CN1. The van der Waals surface area contributed by atoms with E-state index in [1.807, 2.05) is 19.1 Å². The van der Waals surface area contributed by atoms with Gasteiger partial charge in [0.25, 0.3) is 0 Å². The lowest BCUT2D eigenvalue weighted by molar-refractivity contribution is 0.779. The van der Waals surface area contributed by atoms with Crippen molar-refractivity contribution in [3.63, 3.8) is 0 Å². The molecule has 78 valence electrons. The van der Waals surface area contributed by atoms with Crippen molar-refractivity contribution in [2.24, 2.45) is 0 Å². The summed E-state index contributed by atoms with van der Waals surface area (Å²) in [5.41, 5.74) is 1.26. The Morgan fingerprint density at radius 2 is 2.47 bits per heavy atom. The number of hydrogen-bond acceptors (Lipinski definition) is 4. The molecule has 0 radical (unpaired) electrons. The Labute approximate surface area is 93.4 Å². The molecule has 4 heteroatoms. The average molecular weight is 219 g/mol. The summed E-state index contributed by atoms with van der Waals surface area (Å²) >= 11 is 1.43. The van der Waals surface area contributed by atoms with Crippen LogP contribution in [-0.4, -0.2) is 21.9 Å². The van der Waals surface area contributed by atoms with Gasteiger partial charge in [-0.25, -0.2) is 4.98 Å². The van der Waals surface area contributed by atoms with Gasteiger partial charge in [0.15, 0.2) is 5.82 Å². The Kier molecular flexibility index (Phi) is 3.08. The maximum atomic E-state index is 4.26. The number of nitrogens with zero attached hydrogens (tertiary/aromatic N) is 2. The highest BCUT2D eigenvalue weighted by Gasteiger charge is 2.08. The molecule has 1 aromatic rings. The Morgan fingerprint density at radius 1 is 1.60 bits per heavy atom. The Hall–Kier alpha value is -1.26. The highest BCUT2D eigenvalue weighted by molar-refractivity contribution is 7.05. The predicted molar refractivity (Wildman–Crippen MR) is 63.8 cm³/mol. The molecule has 0 saturated carbocycles. The van der Waals surface area contributed by atoms with Crippen molar-refractivity contribution in [2.75, 3.05) is 6.54 Å². The van der Waals surface area contributed by atoms with E-state index < -0.39 is 0 Å². The smallest absolute Gasteiger partial charge is 0.165 e. The highest BCUT2D eigenvalue weighted by Crippen LogP contribution is 2.10. The fourth-order valence-corrected chi connectivity index (χ4v) is 1.88. The van der Waals surface area contributed by atoms with Crippen LogP contribution in [0.3, 0.4) is 0 Å². The Morgan fingerprint density at radius 3 is 3.07 bits per heavy atom. The molecule has 0 bridgehead atoms. The van der Waals surface area contributed by atoms with Gasteiger partial charge < -0.3 is 5.32 Å². The summed E-state index contributed by atoms with van der Waals surface area (Å²) < 4.78 is 4.19. The first kappa shape index (κ1) is 10.3. The van der Waals surface area contributed by atoms with Crippen LogP contribution in [0.4, 0.5) is 0 Å². The van der Waals surface area contributed by atoms with Crippen molar-refractivity contribution in [3.8, 4) is 0 Å². The molecule has 1 aliphatic heterocycles. The third-order valence-corrected chi connectivity index (χ3v) is 2.81. The van der Waals surface area contributed by atoms with Crippen LogP contribution in [0.15, 0.2) is 30.4 Å². The molecule has 1 N–H and O–H groups in total. The zero-order valence-electron chi connectivity index (χ0n) is 8.60. The Balaban J connectivity index is 2.03. The van der Waals surface area contributed by atoms with E-state index in [9.17, 15) is 0 Å². The van der Waals surface area contributed by atoms with Gasteiger partial charge in [0.05, 0.1) is 0 Å². The molecule has 0 spiro atoms. The summed E-state index contributed by atoms with van der Waals surface area (Å²) in [6.45, 7) is 6.59. The van der Waals surface area contributed by atoms with E-state index in [1.165, 1.54) is 17.1 Å². The lowest BCUT2D eigenvalue weighted by Crippen LogP contribution is -2.18. The molecule has 2 rings (SSSR count). The van der Waals surface area contributed by atoms with Crippen LogP contribution < -0.4 is 5.32 Å². The summed E-state index contributed by atoms with van der Waals surface area (Å²) in [4.78, 5) is 4.26. The normalized spacial score (nSPS) is 20.9. The van der Waals surface area contributed by atoms with Gasteiger partial charge in [-0.3, -0.25) is 0 Å². The van der Waals surface area contributed by atoms with Crippen molar-refractivity contribution < 1.29 is 0 Å². The number of rotatable bonds is 3. The maximum absolute atomic E-state index is 4.26. The minimum atomic E-state index is 0.301. The molecular formula is C11H13N3S. The minimum Gasteiger partial charge on any atom is -0.303 e. The van der Waals surface area contributed by atoms with Crippen LogP contribution in [0.25, 0.3) is 6.08 Å². The topological polar surface area (TPSA) is 37.8 Å². The fraction of sp³-hybridized carbons (Fsp3) is 0.273. The van der Waals surface area contributed by atoms with E-state index in [0.717, 1.165) is 17.4 Å². The molecule has 2 heterocycles. The fourth-order valence-electron chi connectivity index (χ4n) is 1.41. The summed E-state index contributed by atoms with van der Waals surface area (Å²) in [6, 6.07) is 0.301. The summed E-state index contributed by atoms with van der Waals surface area (Å²) in [5, 5.41) is 4.30. The van der Waals surface area contributed by atoms with Gasteiger partial charge in [-0.1, -0.05) is 18.2 Å². The number of aromatic nitrogens is 2. The van der Waals surface area contributed by atoms with Crippen molar-refractivity contribution >= 4 is 17.6 Å². The molecule has 3 nitrogen and oxygen atoms in total. The molecule has 1 aromatic heterocycles. The van der Waals surface area contributed by atoms with Gasteiger partial charge in [0.1, 0.15) is 5.01 Å². The quantitative estimate of drug-likeness (QED) is 0.789. The van der Waals surface area contributed by atoms with Crippen LogP contribution in [0.2, 0.25) is 0 Å². The first-order chi connectivity index (χ1) is 7.28. The molecule has 0 amide bonds. The average Bonchev–Trinajstić information content (AvgIpc) is 2.83. The monoisotopic (exact) mass is 219 g/mol. The molecule has 15 heavy (non-hydrogen) atoms. The van der Waals surface area contributed by atoms with Gasteiger partial charge in [-0.05, 0) is 30.1 Å². The second-order valence-electron chi connectivity index (χ2n) is 3.39. The standard InChI is InChI=1S/C11H13N3S/c1-3-10-6-9(7-12-10)4-5-11-13-8(2)15-14-11/h3-6,10,12H,1,7H2,2H3. The number of nitrogens with one attached hydrogen (secondary N) is 1. The maximum Gasteiger partial charge on any atom is 0.165 e. The number of hydrogen-bond donors (Lipinski definition) is 1. The second kappa shape index (κ2) is 4.51. The number of aryl methyl sites for hydroxylation is 1. The van der Waals surface area contributed by atoms with Gasteiger partial charge in [0.2, 0.25) is 0 Å². The van der Waals surface area contributed by atoms with Crippen LogP contribution in [-0.2, 0) is 0 Å². The van der Waals surface area contributed by atoms with Crippen LogP contribution in [0.1, 0.15) is 10.8 Å². The third-order valence-electron chi connectivity index (χ3n) is 2.18. The largest absolute Gasteiger partial charge is 0.303 e. The van der Waals surface area contributed by atoms with Gasteiger partial charge in [-0.2, -0.15) is 4.37 Å². The molecule has 1 atom stereocenters. The summed E-state index contributed by atoms with van der Waals surface area (Å²) in [6.07, 6.45) is 8.05. The lowest BCUT2D eigenvalue weighted by atomic mass is 10.2. The van der Waals surface area contributed by atoms with E-state index in [-0.39, 0.29) is 0 Å². The Bertz CT molecular complexity index is 417. The third kappa shape index (κ3) is 2.61. The van der Waals surface area contributed by atoms with Crippen LogP contribution in [0.5, 0.6) is 0 Å². The zero-order chi connectivity index (χ0) is 10.7. The van der Waals surface area contributed by atoms with Crippen molar-refractivity contribution in [1.29, 1.82) is 0 Å². The van der Waals surface area contributed by atoms with Gasteiger partial charge >= 0.3 is 0 Å². The van der Waals surface area contributed by atoms with E-state index >= 15 is 0 Å². The predicted octanol–water partition coefficient (Wildman–Crippen LogP) is 1.94. The van der Waals surface area contributed by atoms with Gasteiger partial charge in [0, 0.05) is 12.6 Å². The molecule has 0 aliphatic carbocycles. The van der Waals surface area contributed by atoms with E-state index in [0.29, 0.717) is 6.04 Å². The van der Waals surface area contributed by atoms with Gasteiger partial charge in [-0.15, -0.1) is 6.58 Å². The zero-order valence-corrected chi connectivity index (χ0v) is 9.42. The molecule has 1 aliphatic rings.